The van der Waals surface area contributed by atoms with Crippen molar-refractivity contribution >= 4 is 15.9 Å². The molecule has 1 aliphatic heterocycles. The number of carbonyl (C=O) groups is 1. The zero-order valence-electron chi connectivity index (χ0n) is 7.49. The fourth-order valence-electron chi connectivity index (χ4n) is 1.36. The highest BCUT2D eigenvalue weighted by atomic mass is 32.2. The molecule has 1 saturated heterocycles. The topological polar surface area (TPSA) is 54.5 Å². The Morgan fingerprint density at radius 1 is 1.33 bits per heavy atom. The van der Waals surface area contributed by atoms with E-state index in [0.717, 1.165) is 4.31 Å². The van der Waals surface area contributed by atoms with Gasteiger partial charge in [-0.3, -0.25) is 4.79 Å². The van der Waals surface area contributed by atoms with Crippen LogP contribution < -0.4 is 0 Å². The van der Waals surface area contributed by atoms with Crippen LogP contribution in [0.25, 0.3) is 0 Å². The largest absolute Gasteiger partial charge is 0.274 e. The zero-order valence-corrected chi connectivity index (χ0v) is 8.31. The normalized spacial score (nSPS) is 23.2. The van der Waals surface area contributed by atoms with Crippen molar-refractivity contribution in [2.45, 2.75) is 32.7 Å². The summed E-state index contributed by atoms with van der Waals surface area (Å²) in [4.78, 5) is 11.2. The first-order chi connectivity index (χ1) is 5.25. The average Bonchev–Trinajstić information content (AvgIpc) is 2.03. The SMILES string of the molecule is CC(C)(C)N1C(=O)CCS1(=O)=O. The molecule has 70 valence electrons. The van der Waals surface area contributed by atoms with Crippen molar-refractivity contribution < 1.29 is 13.2 Å². The van der Waals surface area contributed by atoms with Crippen molar-refractivity contribution in [3.63, 3.8) is 0 Å². The highest BCUT2D eigenvalue weighted by Gasteiger charge is 2.41. The standard InChI is InChI=1S/C7H13NO3S/c1-7(2,3)8-6(9)4-5-12(8,10)11/h4-5H2,1-3H3. The van der Waals surface area contributed by atoms with Crippen LogP contribution in [0, 0.1) is 0 Å². The number of hydrogen-bond acceptors (Lipinski definition) is 3. The lowest BCUT2D eigenvalue weighted by molar-refractivity contribution is -0.127. The van der Waals surface area contributed by atoms with Crippen molar-refractivity contribution in [1.82, 2.24) is 4.31 Å². The van der Waals surface area contributed by atoms with E-state index < -0.39 is 15.6 Å². The lowest BCUT2D eigenvalue weighted by atomic mass is 10.1. The maximum absolute atomic E-state index is 11.3. The monoisotopic (exact) mass is 191 g/mol. The second-order valence-electron chi connectivity index (χ2n) is 3.89. The predicted molar refractivity (Wildman–Crippen MR) is 45.0 cm³/mol. The Labute approximate surface area is 72.6 Å². The van der Waals surface area contributed by atoms with Crippen LogP contribution in [0.4, 0.5) is 0 Å². The van der Waals surface area contributed by atoms with Crippen LogP contribution in [0.1, 0.15) is 27.2 Å². The molecule has 0 spiro atoms. The number of carbonyl (C=O) groups excluding carboxylic acids is 1. The van der Waals surface area contributed by atoms with E-state index in [1.54, 1.807) is 20.8 Å². The Morgan fingerprint density at radius 3 is 2.00 bits per heavy atom. The van der Waals surface area contributed by atoms with Gasteiger partial charge in [0, 0.05) is 6.42 Å². The number of hydrogen-bond donors (Lipinski definition) is 0. The van der Waals surface area contributed by atoms with E-state index >= 15 is 0 Å². The third-order valence-electron chi connectivity index (χ3n) is 1.69. The van der Waals surface area contributed by atoms with Gasteiger partial charge in [0.1, 0.15) is 0 Å². The first-order valence-electron chi connectivity index (χ1n) is 3.81. The number of sulfonamides is 1. The molecule has 1 fully saturated rings. The third kappa shape index (κ3) is 1.46. The summed E-state index contributed by atoms with van der Waals surface area (Å²) in [7, 11) is -3.31. The van der Waals surface area contributed by atoms with E-state index in [1.165, 1.54) is 0 Å². The molecular weight excluding hydrogens is 178 g/mol. The summed E-state index contributed by atoms with van der Waals surface area (Å²) in [5, 5.41) is 0. The molecule has 0 bridgehead atoms. The molecule has 5 heteroatoms. The van der Waals surface area contributed by atoms with E-state index in [1.807, 2.05) is 0 Å². The summed E-state index contributed by atoms with van der Waals surface area (Å²) in [6.07, 6.45) is 0.125. The highest BCUT2D eigenvalue weighted by molar-refractivity contribution is 7.90. The van der Waals surface area contributed by atoms with Crippen molar-refractivity contribution in [3.8, 4) is 0 Å². The summed E-state index contributed by atoms with van der Waals surface area (Å²) < 4.78 is 23.6. The first kappa shape index (κ1) is 9.51. The molecule has 1 heterocycles. The molecule has 12 heavy (non-hydrogen) atoms. The second-order valence-corrected chi connectivity index (χ2v) is 5.83. The predicted octanol–water partition coefficient (Wildman–Crippen LogP) is 0.347. The quantitative estimate of drug-likeness (QED) is 0.555. The number of rotatable bonds is 0. The van der Waals surface area contributed by atoms with Gasteiger partial charge >= 0.3 is 0 Å². The molecule has 1 rings (SSSR count). The van der Waals surface area contributed by atoms with E-state index in [2.05, 4.69) is 0 Å². The molecule has 1 aliphatic rings. The fourth-order valence-corrected chi connectivity index (χ4v) is 3.21. The fraction of sp³-hybridized carbons (Fsp3) is 0.857. The Bertz CT molecular complexity index is 299. The van der Waals surface area contributed by atoms with Crippen LogP contribution in [-0.2, 0) is 14.8 Å². The van der Waals surface area contributed by atoms with Crippen LogP contribution in [0.5, 0.6) is 0 Å². The number of amides is 1. The minimum absolute atomic E-state index is 0.0386. The van der Waals surface area contributed by atoms with Crippen LogP contribution in [0.3, 0.4) is 0 Å². The Balaban J connectivity index is 3.11. The maximum Gasteiger partial charge on any atom is 0.238 e. The van der Waals surface area contributed by atoms with Crippen molar-refractivity contribution in [2.75, 3.05) is 5.75 Å². The summed E-state index contributed by atoms with van der Waals surface area (Å²) in [5.74, 6) is -0.328. The molecule has 0 radical (unpaired) electrons. The minimum atomic E-state index is -3.31. The molecule has 0 aromatic carbocycles. The molecule has 1 amide bonds. The molecular formula is C7H13NO3S. The van der Waals surface area contributed by atoms with E-state index in [9.17, 15) is 13.2 Å². The van der Waals surface area contributed by atoms with Crippen LogP contribution >= 0.6 is 0 Å². The van der Waals surface area contributed by atoms with E-state index in [-0.39, 0.29) is 18.1 Å². The summed E-state index contributed by atoms with van der Waals surface area (Å²) in [5.41, 5.74) is -0.619. The first-order valence-corrected chi connectivity index (χ1v) is 5.42. The van der Waals surface area contributed by atoms with E-state index in [4.69, 9.17) is 0 Å². The van der Waals surface area contributed by atoms with Crippen molar-refractivity contribution in [2.24, 2.45) is 0 Å². The van der Waals surface area contributed by atoms with Gasteiger partial charge in [0.2, 0.25) is 15.9 Å². The molecule has 0 unspecified atom stereocenters. The summed E-state index contributed by atoms with van der Waals surface area (Å²) in [6.45, 7) is 5.15. The van der Waals surface area contributed by atoms with Gasteiger partial charge in [-0.2, -0.15) is 0 Å². The molecule has 0 N–H and O–H groups in total. The van der Waals surface area contributed by atoms with Crippen LogP contribution in [0.2, 0.25) is 0 Å². The van der Waals surface area contributed by atoms with Crippen LogP contribution in [-0.4, -0.2) is 29.9 Å². The third-order valence-corrected chi connectivity index (χ3v) is 3.72. The molecule has 0 aliphatic carbocycles. The molecule has 0 saturated carbocycles. The van der Waals surface area contributed by atoms with E-state index in [0.29, 0.717) is 0 Å². The van der Waals surface area contributed by atoms with Gasteiger partial charge in [0.25, 0.3) is 0 Å². The average molecular weight is 191 g/mol. The van der Waals surface area contributed by atoms with Crippen molar-refractivity contribution in [1.29, 1.82) is 0 Å². The van der Waals surface area contributed by atoms with Gasteiger partial charge in [-0.1, -0.05) is 0 Å². The second kappa shape index (κ2) is 2.45. The summed E-state index contributed by atoms with van der Waals surface area (Å²) >= 11 is 0. The highest BCUT2D eigenvalue weighted by Crippen LogP contribution is 2.25. The zero-order chi connectivity index (χ0) is 9.57. The number of nitrogens with zero attached hydrogens (tertiary/aromatic N) is 1. The Hall–Kier alpha value is -0.580. The molecule has 0 aromatic heterocycles. The van der Waals surface area contributed by atoms with Gasteiger partial charge in [-0.05, 0) is 20.8 Å². The van der Waals surface area contributed by atoms with Crippen LogP contribution in [0.15, 0.2) is 0 Å². The lowest BCUT2D eigenvalue weighted by Crippen LogP contribution is -2.44. The molecule has 0 atom stereocenters. The molecule has 0 aromatic rings. The van der Waals surface area contributed by atoms with Gasteiger partial charge in [0.15, 0.2) is 0 Å². The smallest absolute Gasteiger partial charge is 0.238 e. The Kier molecular flexibility index (Phi) is 1.94. The lowest BCUT2D eigenvalue weighted by Gasteiger charge is -2.29. The Morgan fingerprint density at radius 2 is 1.83 bits per heavy atom. The summed E-state index contributed by atoms with van der Waals surface area (Å²) in [6, 6.07) is 0. The van der Waals surface area contributed by atoms with Gasteiger partial charge in [0.05, 0.1) is 11.3 Å². The van der Waals surface area contributed by atoms with Gasteiger partial charge < -0.3 is 0 Å². The van der Waals surface area contributed by atoms with Gasteiger partial charge in [-0.25, -0.2) is 12.7 Å². The molecule has 4 nitrogen and oxygen atoms in total. The van der Waals surface area contributed by atoms with Crippen molar-refractivity contribution in [3.05, 3.63) is 0 Å². The maximum atomic E-state index is 11.3. The minimum Gasteiger partial charge on any atom is -0.274 e. The van der Waals surface area contributed by atoms with Gasteiger partial charge in [-0.15, -0.1) is 0 Å².